The highest BCUT2D eigenvalue weighted by molar-refractivity contribution is 6.32. The number of benzene rings is 1. The molecular weight excluding hydrogens is 371 g/mol. The lowest BCUT2D eigenvalue weighted by Crippen LogP contribution is -2.48. The lowest BCUT2D eigenvalue weighted by Gasteiger charge is -2.37. The second-order valence-electron chi connectivity index (χ2n) is 7.24. The Kier molecular flexibility index (Phi) is 4.71. The zero-order chi connectivity index (χ0) is 19.3. The van der Waals surface area contributed by atoms with Gasteiger partial charge in [-0.05, 0) is 48.9 Å². The number of carboxylic acids is 1. The van der Waals surface area contributed by atoms with Crippen LogP contribution in [-0.2, 0) is 21.2 Å². The molecule has 1 aromatic carbocycles. The highest BCUT2D eigenvalue weighted by atomic mass is 35.5. The molecule has 1 amide bonds. The number of carbonyl (C=O) groups excluding carboxylic acids is 1. The molecule has 1 aromatic rings. The van der Waals surface area contributed by atoms with E-state index in [4.69, 9.17) is 11.6 Å². The van der Waals surface area contributed by atoms with Gasteiger partial charge in [-0.2, -0.15) is 13.2 Å². The topological polar surface area (TPSA) is 57.6 Å². The Bertz CT molecular complexity index is 746. The fourth-order valence-electron chi connectivity index (χ4n) is 3.79. The van der Waals surface area contributed by atoms with E-state index in [0.717, 1.165) is 12.1 Å². The predicted molar refractivity (Wildman–Crippen MR) is 88.9 cm³/mol. The Morgan fingerprint density at radius 1 is 1.31 bits per heavy atom. The van der Waals surface area contributed by atoms with Gasteiger partial charge in [0, 0.05) is 18.1 Å². The maximum absolute atomic E-state index is 13.1. The molecule has 0 spiro atoms. The van der Waals surface area contributed by atoms with E-state index in [2.05, 4.69) is 0 Å². The Labute approximate surface area is 153 Å². The lowest BCUT2D eigenvalue weighted by molar-refractivity contribution is -0.149. The van der Waals surface area contributed by atoms with E-state index in [1.54, 1.807) is 11.8 Å². The van der Waals surface area contributed by atoms with Crippen molar-refractivity contribution >= 4 is 23.5 Å². The number of amides is 1. The van der Waals surface area contributed by atoms with Crippen LogP contribution in [0, 0.1) is 11.8 Å². The summed E-state index contributed by atoms with van der Waals surface area (Å²) in [6.07, 6.45) is -3.28. The summed E-state index contributed by atoms with van der Waals surface area (Å²) in [6, 6.07) is 3.07. The summed E-state index contributed by atoms with van der Waals surface area (Å²) in [5.41, 5.74) is -1.63. The standard InChI is InChI=1S/C18H19ClF3NO3/c1-10-9-23(7-4-12(10)15(24)25)16(26)17(5-6-17)13-8-11(18(20,21)22)2-3-14(13)19/h2-3,8,10,12H,4-7,9H2,1H3,(H,24,25). The summed E-state index contributed by atoms with van der Waals surface area (Å²) in [5, 5.41) is 9.35. The molecule has 2 aliphatic rings. The molecule has 2 atom stereocenters. The minimum atomic E-state index is -4.51. The van der Waals surface area contributed by atoms with Crippen molar-refractivity contribution in [2.45, 2.75) is 37.8 Å². The van der Waals surface area contributed by atoms with Crippen LogP contribution in [0.1, 0.15) is 37.3 Å². The second-order valence-corrected chi connectivity index (χ2v) is 7.64. The molecule has 4 nitrogen and oxygen atoms in total. The van der Waals surface area contributed by atoms with Gasteiger partial charge >= 0.3 is 12.1 Å². The Balaban J connectivity index is 1.86. The SMILES string of the molecule is CC1CN(C(=O)C2(c3cc(C(F)(F)F)ccc3Cl)CC2)CCC1C(=O)O. The van der Waals surface area contributed by atoms with Crippen molar-refractivity contribution in [3.63, 3.8) is 0 Å². The summed E-state index contributed by atoms with van der Waals surface area (Å²) >= 11 is 6.13. The number of hydrogen-bond donors (Lipinski definition) is 1. The fourth-order valence-corrected chi connectivity index (χ4v) is 4.09. The van der Waals surface area contributed by atoms with Gasteiger partial charge in [0.1, 0.15) is 0 Å². The Hall–Kier alpha value is -1.76. The number of carbonyl (C=O) groups is 2. The van der Waals surface area contributed by atoms with E-state index < -0.39 is 29.0 Å². The van der Waals surface area contributed by atoms with Crippen LogP contribution in [-0.4, -0.2) is 35.0 Å². The third kappa shape index (κ3) is 3.29. The Morgan fingerprint density at radius 3 is 2.46 bits per heavy atom. The van der Waals surface area contributed by atoms with Gasteiger partial charge in [-0.15, -0.1) is 0 Å². The summed E-state index contributed by atoms with van der Waals surface area (Å²) in [6.45, 7) is 2.35. The van der Waals surface area contributed by atoms with E-state index in [1.165, 1.54) is 6.07 Å². The maximum Gasteiger partial charge on any atom is 0.416 e. The third-order valence-corrected chi connectivity index (χ3v) is 5.81. The van der Waals surface area contributed by atoms with Crippen LogP contribution >= 0.6 is 11.6 Å². The van der Waals surface area contributed by atoms with Crippen molar-refractivity contribution in [1.82, 2.24) is 4.90 Å². The molecule has 0 aromatic heterocycles. The number of alkyl halides is 3. The molecule has 1 saturated carbocycles. The van der Waals surface area contributed by atoms with Gasteiger partial charge in [-0.1, -0.05) is 18.5 Å². The minimum absolute atomic E-state index is 0.150. The van der Waals surface area contributed by atoms with Crippen LogP contribution in [0.2, 0.25) is 5.02 Å². The van der Waals surface area contributed by atoms with E-state index in [0.29, 0.717) is 25.8 Å². The maximum atomic E-state index is 13.1. The normalized spacial score (nSPS) is 25.0. The highest BCUT2D eigenvalue weighted by Gasteiger charge is 2.55. The molecule has 1 N–H and O–H groups in total. The van der Waals surface area contributed by atoms with Gasteiger partial charge in [-0.3, -0.25) is 9.59 Å². The largest absolute Gasteiger partial charge is 0.481 e. The van der Waals surface area contributed by atoms with Gasteiger partial charge in [0.25, 0.3) is 0 Å². The summed E-state index contributed by atoms with van der Waals surface area (Å²) in [5.74, 6) is -1.86. The van der Waals surface area contributed by atoms with Gasteiger partial charge in [-0.25, -0.2) is 0 Å². The quantitative estimate of drug-likeness (QED) is 0.851. The monoisotopic (exact) mass is 389 g/mol. The number of halogens is 4. The summed E-state index contributed by atoms with van der Waals surface area (Å²) < 4.78 is 39.1. The molecule has 1 saturated heterocycles. The van der Waals surface area contributed by atoms with Crippen LogP contribution < -0.4 is 0 Å². The van der Waals surface area contributed by atoms with Gasteiger partial charge in [0.15, 0.2) is 0 Å². The van der Waals surface area contributed by atoms with Gasteiger partial charge in [0.2, 0.25) is 5.91 Å². The van der Waals surface area contributed by atoms with E-state index >= 15 is 0 Å². The molecule has 0 radical (unpaired) electrons. The first-order chi connectivity index (χ1) is 12.1. The number of rotatable bonds is 3. The predicted octanol–water partition coefficient (Wildman–Crippen LogP) is 3.96. The first-order valence-electron chi connectivity index (χ1n) is 8.45. The summed E-state index contributed by atoms with van der Waals surface area (Å²) in [7, 11) is 0. The molecule has 8 heteroatoms. The van der Waals surface area contributed by atoms with E-state index in [9.17, 15) is 27.9 Å². The first kappa shape index (κ1) is 19.0. The van der Waals surface area contributed by atoms with Crippen molar-refractivity contribution in [3.05, 3.63) is 34.3 Å². The minimum Gasteiger partial charge on any atom is -0.481 e. The molecule has 1 aliphatic carbocycles. The molecular formula is C18H19ClF3NO3. The highest BCUT2D eigenvalue weighted by Crippen LogP contribution is 2.53. The van der Waals surface area contributed by atoms with E-state index in [1.807, 2.05) is 0 Å². The van der Waals surface area contributed by atoms with E-state index in [-0.39, 0.29) is 29.0 Å². The lowest BCUT2D eigenvalue weighted by atomic mass is 9.85. The Morgan fingerprint density at radius 2 is 1.96 bits per heavy atom. The first-order valence-corrected chi connectivity index (χ1v) is 8.83. The molecule has 1 heterocycles. The van der Waals surface area contributed by atoms with Gasteiger partial charge in [0.05, 0.1) is 16.9 Å². The zero-order valence-electron chi connectivity index (χ0n) is 14.1. The number of piperidine rings is 1. The molecule has 26 heavy (non-hydrogen) atoms. The van der Waals surface area contributed by atoms with Crippen molar-refractivity contribution in [2.24, 2.45) is 11.8 Å². The van der Waals surface area contributed by atoms with Crippen LogP contribution in [0.3, 0.4) is 0 Å². The molecule has 3 rings (SSSR count). The van der Waals surface area contributed by atoms with Crippen LogP contribution in [0.5, 0.6) is 0 Å². The smallest absolute Gasteiger partial charge is 0.416 e. The summed E-state index contributed by atoms with van der Waals surface area (Å²) in [4.78, 5) is 25.9. The molecule has 142 valence electrons. The van der Waals surface area contributed by atoms with Crippen molar-refractivity contribution in [2.75, 3.05) is 13.1 Å². The van der Waals surface area contributed by atoms with Crippen molar-refractivity contribution in [3.8, 4) is 0 Å². The van der Waals surface area contributed by atoms with Crippen LogP contribution in [0.4, 0.5) is 13.2 Å². The fraction of sp³-hybridized carbons (Fsp3) is 0.556. The molecule has 1 aliphatic heterocycles. The number of aliphatic carboxylic acids is 1. The second kappa shape index (κ2) is 6.44. The molecule has 0 bridgehead atoms. The van der Waals surface area contributed by atoms with Gasteiger partial charge < -0.3 is 10.0 Å². The molecule has 2 unspecified atom stereocenters. The number of nitrogens with zero attached hydrogens (tertiary/aromatic N) is 1. The van der Waals surface area contributed by atoms with Crippen molar-refractivity contribution in [1.29, 1.82) is 0 Å². The van der Waals surface area contributed by atoms with Crippen molar-refractivity contribution < 1.29 is 27.9 Å². The average molecular weight is 390 g/mol. The number of carboxylic acid groups (broad SMARTS) is 1. The van der Waals surface area contributed by atoms with Crippen LogP contribution in [0.25, 0.3) is 0 Å². The third-order valence-electron chi connectivity index (χ3n) is 5.48. The van der Waals surface area contributed by atoms with Crippen LogP contribution in [0.15, 0.2) is 18.2 Å². The number of likely N-dealkylation sites (tertiary alicyclic amines) is 1. The zero-order valence-corrected chi connectivity index (χ0v) is 14.9. The number of hydrogen-bond acceptors (Lipinski definition) is 2. The average Bonchev–Trinajstić information content (AvgIpc) is 3.34. The molecule has 2 fully saturated rings.